The van der Waals surface area contributed by atoms with E-state index in [1.54, 1.807) is 37.1 Å². The summed E-state index contributed by atoms with van der Waals surface area (Å²) in [6.07, 6.45) is 0. The Labute approximate surface area is 106 Å². The van der Waals surface area contributed by atoms with Crippen molar-refractivity contribution in [3.63, 3.8) is 0 Å². The second kappa shape index (κ2) is 4.56. The van der Waals surface area contributed by atoms with Crippen LogP contribution in [-0.2, 0) is 0 Å². The molecule has 0 aliphatic carbocycles. The lowest BCUT2D eigenvalue weighted by atomic mass is 10.2. The average Bonchev–Trinajstić information content (AvgIpc) is 2.67. The van der Waals surface area contributed by atoms with Gasteiger partial charge in [-0.25, -0.2) is 0 Å². The summed E-state index contributed by atoms with van der Waals surface area (Å²) in [7, 11) is 1.73. The van der Waals surface area contributed by atoms with Crippen molar-refractivity contribution >= 4 is 17.3 Å². The van der Waals surface area contributed by atoms with E-state index in [0.29, 0.717) is 17.0 Å². The van der Waals surface area contributed by atoms with Gasteiger partial charge >= 0.3 is 0 Å². The molecule has 4 nitrogen and oxygen atoms in total. The molecule has 2 aromatic rings. The van der Waals surface area contributed by atoms with E-state index in [2.05, 4.69) is 0 Å². The molecule has 0 radical (unpaired) electrons. The first-order valence-electron chi connectivity index (χ1n) is 5.69. The van der Waals surface area contributed by atoms with Crippen molar-refractivity contribution < 1.29 is 9.21 Å². The van der Waals surface area contributed by atoms with Crippen LogP contribution in [0.5, 0.6) is 0 Å². The molecule has 0 saturated carbocycles. The summed E-state index contributed by atoms with van der Waals surface area (Å²) in [5.41, 5.74) is 7.69. The zero-order chi connectivity index (χ0) is 13.3. The first kappa shape index (κ1) is 12.2. The number of hydrogen-bond acceptors (Lipinski definition) is 3. The minimum Gasteiger partial charge on any atom is -0.466 e. The zero-order valence-corrected chi connectivity index (χ0v) is 10.7. The van der Waals surface area contributed by atoms with E-state index >= 15 is 0 Å². The van der Waals surface area contributed by atoms with E-state index in [-0.39, 0.29) is 5.91 Å². The van der Waals surface area contributed by atoms with Crippen LogP contribution >= 0.6 is 0 Å². The smallest absolute Gasteiger partial charge is 0.261 e. The summed E-state index contributed by atoms with van der Waals surface area (Å²) in [6, 6.07) is 8.93. The van der Waals surface area contributed by atoms with Gasteiger partial charge < -0.3 is 15.1 Å². The van der Waals surface area contributed by atoms with Crippen molar-refractivity contribution in [2.45, 2.75) is 13.8 Å². The van der Waals surface area contributed by atoms with Crippen LogP contribution in [0.4, 0.5) is 11.4 Å². The lowest BCUT2D eigenvalue weighted by Gasteiger charge is -2.16. The number of carbonyl (C=O) groups excluding carboxylic acids is 1. The van der Waals surface area contributed by atoms with Gasteiger partial charge in [-0.2, -0.15) is 0 Å². The molecule has 0 aliphatic heterocycles. The molecule has 1 heterocycles. The molecule has 1 aromatic heterocycles. The summed E-state index contributed by atoms with van der Waals surface area (Å²) in [4.78, 5) is 13.9. The summed E-state index contributed by atoms with van der Waals surface area (Å²) in [5, 5.41) is 0. The minimum atomic E-state index is -0.0888. The third-order valence-electron chi connectivity index (χ3n) is 2.86. The molecular weight excluding hydrogens is 228 g/mol. The number of amides is 1. The maximum Gasteiger partial charge on any atom is 0.261 e. The van der Waals surface area contributed by atoms with Crippen LogP contribution in [0.25, 0.3) is 0 Å². The van der Waals surface area contributed by atoms with E-state index < -0.39 is 0 Å². The highest BCUT2D eigenvalue weighted by molar-refractivity contribution is 6.06. The molecule has 0 fully saturated rings. The molecule has 1 aromatic carbocycles. The molecule has 94 valence electrons. The summed E-state index contributed by atoms with van der Waals surface area (Å²) in [5.74, 6) is 1.29. The monoisotopic (exact) mass is 244 g/mol. The molecular formula is C14H16N2O2. The van der Waals surface area contributed by atoms with Gasteiger partial charge in [0.25, 0.3) is 5.91 Å². The lowest BCUT2D eigenvalue weighted by molar-refractivity contribution is 0.0991. The maximum atomic E-state index is 12.3. The quantitative estimate of drug-likeness (QED) is 0.826. The Hall–Kier alpha value is -2.23. The van der Waals surface area contributed by atoms with E-state index in [4.69, 9.17) is 10.2 Å². The maximum absolute atomic E-state index is 12.3. The van der Waals surface area contributed by atoms with Gasteiger partial charge in [0.05, 0.1) is 5.56 Å². The Morgan fingerprint density at radius 2 is 1.83 bits per heavy atom. The number of anilines is 2. The Kier molecular flexibility index (Phi) is 3.10. The van der Waals surface area contributed by atoms with Crippen LogP contribution in [0.3, 0.4) is 0 Å². The van der Waals surface area contributed by atoms with Crippen LogP contribution in [0.1, 0.15) is 21.9 Å². The Balaban J connectivity index is 2.29. The number of rotatable bonds is 2. The van der Waals surface area contributed by atoms with Gasteiger partial charge in [-0.3, -0.25) is 4.79 Å². The number of carbonyl (C=O) groups is 1. The summed E-state index contributed by atoms with van der Waals surface area (Å²) >= 11 is 0. The van der Waals surface area contributed by atoms with Crippen molar-refractivity contribution in [3.8, 4) is 0 Å². The van der Waals surface area contributed by atoms with Gasteiger partial charge in [-0.05, 0) is 44.2 Å². The van der Waals surface area contributed by atoms with Crippen molar-refractivity contribution in [2.75, 3.05) is 17.7 Å². The highest BCUT2D eigenvalue weighted by Crippen LogP contribution is 2.20. The fraction of sp³-hybridized carbons (Fsp3) is 0.214. The summed E-state index contributed by atoms with van der Waals surface area (Å²) < 4.78 is 5.37. The second-order valence-electron chi connectivity index (χ2n) is 4.28. The number of furan rings is 1. The van der Waals surface area contributed by atoms with Gasteiger partial charge in [-0.15, -0.1) is 0 Å². The number of hydrogen-bond donors (Lipinski definition) is 1. The van der Waals surface area contributed by atoms with E-state index in [1.165, 1.54) is 0 Å². The third-order valence-corrected chi connectivity index (χ3v) is 2.86. The molecule has 0 atom stereocenters. The lowest BCUT2D eigenvalue weighted by Crippen LogP contribution is -2.26. The number of aryl methyl sites for hydroxylation is 2. The molecule has 0 aliphatic rings. The molecule has 4 heteroatoms. The topological polar surface area (TPSA) is 59.5 Å². The van der Waals surface area contributed by atoms with Crippen molar-refractivity contribution in [1.29, 1.82) is 0 Å². The third kappa shape index (κ3) is 2.22. The minimum absolute atomic E-state index is 0.0888. The number of nitrogens with zero attached hydrogens (tertiary/aromatic N) is 1. The Morgan fingerprint density at radius 1 is 1.22 bits per heavy atom. The fourth-order valence-corrected chi connectivity index (χ4v) is 1.84. The first-order valence-corrected chi connectivity index (χ1v) is 5.69. The van der Waals surface area contributed by atoms with E-state index in [0.717, 1.165) is 11.4 Å². The van der Waals surface area contributed by atoms with E-state index in [9.17, 15) is 4.79 Å². The van der Waals surface area contributed by atoms with Crippen LogP contribution in [-0.4, -0.2) is 13.0 Å². The van der Waals surface area contributed by atoms with Gasteiger partial charge in [-0.1, -0.05) is 0 Å². The van der Waals surface area contributed by atoms with Gasteiger partial charge in [0.2, 0.25) is 0 Å². The molecule has 0 saturated heterocycles. The number of nitrogen functional groups attached to an aromatic ring is 1. The van der Waals surface area contributed by atoms with Crippen LogP contribution in [0.2, 0.25) is 0 Å². The average molecular weight is 244 g/mol. The number of benzene rings is 1. The van der Waals surface area contributed by atoms with Crippen molar-refractivity contribution in [3.05, 3.63) is 47.4 Å². The molecule has 2 N–H and O–H groups in total. The highest BCUT2D eigenvalue weighted by Gasteiger charge is 2.18. The van der Waals surface area contributed by atoms with Gasteiger partial charge in [0.15, 0.2) is 0 Å². The van der Waals surface area contributed by atoms with Crippen molar-refractivity contribution in [2.24, 2.45) is 0 Å². The molecule has 0 bridgehead atoms. The normalized spacial score (nSPS) is 10.4. The van der Waals surface area contributed by atoms with Crippen LogP contribution in [0.15, 0.2) is 34.7 Å². The fourth-order valence-electron chi connectivity index (χ4n) is 1.84. The standard InChI is InChI=1S/C14H16N2O2/c1-9-8-13(10(2)18-9)14(17)16(3)12-6-4-11(15)5-7-12/h4-8H,15H2,1-3H3. The van der Waals surface area contributed by atoms with Gasteiger partial charge in [0.1, 0.15) is 11.5 Å². The largest absolute Gasteiger partial charge is 0.466 e. The molecule has 18 heavy (non-hydrogen) atoms. The van der Waals surface area contributed by atoms with Crippen molar-refractivity contribution in [1.82, 2.24) is 0 Å². The van der Waals surface area contributed by atoms with Crippen LogP contribution < -0.4 is 10.6 Å². The highest BCUT2D eigenvalue weighted by atomic mass is 16.3. The Morgan fingerprint density at radius 3 is 2.33 bits per heavy atom. The van der Waals surface area contributed by atoms with Crippen LogP contribution in [0, 0.1) is 13.8 Å². The Bertz CT molecular complexity index is 570. The van der Waals surface area contributed by atoms with E-state index in [1.807, 2.05) is 19.1 Å². The van der Waals surface area contributed by atoms with Gasteiger partial charge in [0, 0.05) is 18.4 Å². The predicted octanol–water partition coefficient (Wildman–Crippen LogP) is 2.76. The molecule has 0 unspecified atom stereocenters. The summed E-state index contributed by atoms with van der Waals surface area (Å²) in [6.45, 7) is 3.62. The first-order chi connectivity index (χ1) is 8.49. The molecule has 2 rings (SSSR count). The molecule has 0 spiro atoms. The zero-order valence-electron chi connectivity index (χ0n) is 10.7. The molecule has 1 amide bonds. The number of nitrogens with two attached hydrogens (primary N) is 1. The second-order valence-corrected chi connectivity index (χ2v) is 4.28. The SMILES string of the molecule is Cc1cc(C(=O)N(C)c2ccc(N)cc2)c(C)o1. The predicted molar refractivity (Wildman–Crippen MR) is 71.8 cm³/mol.